The number of halogens is 4. The Kier molecular flexibility index (Phi) is 4.67. The first-order valence-corrected chi connectivity index (χ1v) is 3.83. The monoisotopic (exact) mass is 233 g/mol. The number of hydrogen-bond acceptors (Lipinski definition) is 3. The molecule has 84 valence electrons. The van der Waals surface area contributed by atoms with Crippen molar-refractivity contribution in [1.29, 1.82) is 0 Å². The Hall–Kier alpha value is -0.490. The first-order chi connectivity index (χ1) is 5.95. The molecule has 1 N–H and O–H groups in total. The van der Waals surface area contributed by atoms with Gasteiger partial charge in [0.2, 0.25) is 0 Å². The van der Waals surface area contributed by atoms with E-state index >= 15 is 0 Å². The highest BCUT2D eigenvalue weighted by Crippen LogP contribution is 2.29. The van der Waals surface area contributed by atoms with Crippen LogP contribution in [-0.4, -0.2) is 31.8 Å². The van der Waals surface area contributed by atoms with Crippen LogP contribution in [0.5, 0.6) is 0 Å². The lowest BCUT2D eigenvalue weighted by Gasteiger charge is -2.13. The fraction of sp³-hybridized carbons (Fsp3) is 0.857. The maximum atomic E-state index is 12.1. The van der Waals surface area contributed by atoms with E-state index in [0.29, 0.717) is 0 Å². The Labute approximate surface area is 85.4 Å². The van der Waals surface area contributed by atoms with Gasteiger partial charge in [-0.25, -0.2) is 0 Å². The van der Waals surface area contributed by atoms with Crippen molar-refractivity contribution in [3.05, 3.63) is 0 Å². The minimum absolute atomic E-state index is 0. The van der Waals surface area contributed by atoms with Gasteiger partial charge < -0.3 is 10.1 Å². The number of alkyl halides is 3. The molecule has 0 aromatic rings. The molecule has 1 heterocycles. The largest absolute Gasteiger partial charge is 0.469 e. The molecule has 0 spiro atoms. The quantitative estimate of drug-likeness (QED) is 0.690. The predicted molar refractivity (Wildman–Crippen MR) is 45.2 cm³/mol. The summed E-state index contributed by atoms with van der Waals surface area (Å²) in [6, 6.07) is -1.57. The van der Waals surface area contributed by atoms with E-state index in [1.165, 1.54) is 7.11 Å². The highest BCUT2D eigenvalue weighted by atomic mass is 35.5. The predicted octanol–water partition coefficient (Wildman–Crippen LogP) is 1.12. The van der Waals surface area contributed by atoms with Crippen molar-refractivity contribution in [3.8, 4) is 0 Å². The molecule has 1 saturated heterocycles. The normalized spacial score (nSPS) is 26.9. The molecule has 0 bridgehead atoms. The molecular weight excluding hydrogens is 223 g/mol. The van der Waals surface area contributed by atoms with Crippen molar-refractivity contribution in [1.82, 2.24) is 5.32 Å². The molecule has 0 aromatic carbocycles. The number of ether oxygens (including phenoxy) is 1. The molecule has 1 fully saturated rings. The third-order valence-corrected chi connectivity index (χ3v) is 2.06. The van der Waals surface area contributed by atoms with Crippen LogP contribution >= 0.6 is 12.4 Å². The second-order valence-electron chi connectivity index (χ2n) is 2.96. The van der Waals surface area contributed by atoms with Crippen molar-refractivity contribution in [2.75, 3.05) is 13.7 Å². The number of carbonyl (C=O) groups is 1. The Morgan fingerprint density at radius 1 is 1.50 bits per heavy atom. The molecule has 3 nitrogen and oxygen atoms in total. The average molecular weight is 234 g/mol. The number of methoxy groups -OCH3 is 1. The Morgan fingerprint density at radius 2 is 2.07 bits per heavy atom. The van der Waals surface area contributed by atoms with Crippen LogP contribution in [0.4, 0.5) is 13.2 Å². The number of esters is 1. The van der Waals surface area contributed by atoms with Crippen molar-refractivity contribution in [2.24, 2.45) is 5.92 Å². The lowest BCUT2D eigenvalue weighted by Crippen LogP contribution is -2.36. The van der Waals surface area contributed by atoms with Gasteiger partial charge in [0.05, 0.1) is 13.0 Å². The van der Waals surface area contributed by atoms with E-state index < -0.39 is 24.1 Å². The van der Waals surface area contributed by atoms with Gasteiger partial charge in [-0.1, -0.05) is 0 Å². The second kappa shape index (κ2) is 4.84. The van der Waals surface area contributed by atoms with E-state index in [2.05, 4.69) is 10.1 Å². The summed E-state index contributed by atoms with van der Waals surface area (Å²) >= 11 is 0. The van der Waals surface area contributed by atoms with Crippen LogP contribution in [0.1, 0.15) is 6.42 Å². The lowest BCUT2D eigenvalue weighted by molar-refractivity contribution is -0.154. The molecule has 0 aromatic heterocycles. The zero-order valence-electron chi connectivity index (χ0n) is 7.43. The molecule has 0 aliphatic carbocycles. The SMILES string of the molecule is COC(=O)[C@H]1CN[C@@H](C(F)(F)F)C1.Cl. The summed E-state index contributed by atoms with van der Waals surface area (Å²) < 4.78 is 40.6. The van der Waals surface area contributed by atoms with Crippen LogP contribution in [0, 0.1) is 5.92 Å². The van der Waals surface area contributed by atoms with Gasteiger partial charge in [-0.05, 0) is 6.42 Å². The van der Waals surface area contributed by atoms with E-state index in [9.17, 15) is 18.0 Å². The van der Waals surface area contributed by atoms with E-state index in [4.69, 9.17) is 0 Å². The molecule has 1 aliphatic heterocycles. The summed E-state index contributed by atoms with van der Waals surface area (Å²) in [4.78, 5) is 10.9. The Bertz CT molecular complexity index is 210. The van der Waals surface area contributed by atoms with E-state index in [1.807, 2.05) is 0 Å². The van der Waals surface area contributed by atoms with E-state index in [1.54, 1.807) is 0 Å². The van der Waals surface area contributed by atoms with Crippen LogP contribution in [0.2, 0.25) is 0 Å². The summed E-state index contributed by atoms with van der Waals surface area (Å²) in [5.74, 6) is -1.25. The van der Waals surface area contributed by atoms with Gasteiger partial charge in [-0.15, -0.1) is 12.4 Å². The van der Waals surface area contributed by atoms with Gasteiger partial charge >= 0.3 is 12.1 Å². The number of rotatable bonds is 1. The van der Waals surface area contributed by atoms with Crippen LogP contribution in [0.3, 0.4) is 0 Å². The molecular formula is C7H11ClF3NO2. The standard InChI is InChI=1S/C7H10F3NO2.ClH/c1-13-6(12)4-2-5(11-3-4)7(8,9)10;/h4-5,11H,2-3H2,1H3;1H/t4-,5-;/m1./s1. The van der Waals surface area contributed by atoms with Gasteiger partial charge in [0.1, 0.15) is 6.04 Å². The molecule has 7 heteroatoms. The van der Waals surface area contributed by atoms with Gasteiger partial charge in [0.15, 0.2) is 0 Å². The first-order valence-electron chi connectivity index (χ1n) is 3.83. The molecule has 1 rings (SSSR count). The minimum atomic E-state index is -4.28. The molecule has 0 radical (unpaired) electrons. The third-order valence-electron chi connectivity index (χ3n) is 2.06. The number of carbonyl (C=O) groups excluding carboxylic acids is 1. The van der Waals surface area contributed by atoms with E-state index in [0.717, 1.165) is 0 Å². The van der Waals surface area contributed by atoms with E-state index in [-0.39, 0.29) is 25.4 Å². The third kappa shape index (κ3) is 3.02. The first kappa shape index (κ1) is 13.5. The summed E-state index contributed by atoms with van der Waals surface area (Å²) in [5.41, 5.74) is 0. The summed E-state index contributed by atoms with van der Waals surface area (Å²) in [6.07, 6.45) is -4.50. The van der Waals surface area contributed by atoms with Crippen LogP contribution < -0.4 is 5.32 Å². The highest BCUT2D eigenvalue weighted by molar-refractivity contribution is 5.85. The lowest BCUT2D eigenvalue weighted by atomic mass is 10.1. The topological polar surface area (TPSA) is 38.3 Å². The minimum Gasteiger partial charge on any atom is -0.469 e. The van der Waals surface area contributed by atoms with Gasteiger partial charge in [0.25, 0.3) is 0 Å². The molecule has 0 amide bonds. The van der Waals surface area contributed by atoms with Crippen molar-refractivity contribution >= 4 is 18.4 Å². The summed E-state index contributed by atoms with van der Waals surface area (Å²) in [7, 11) is 1.17. The van der Waals surface area contributed by atoms with Crippen molar-refractivity contribution < 1.29 is 22.7 Å². The van der Waals surface area contributed by atoms with Crippen LogP contribution in [0.25, 0.3) is 0 Å². The van der Waals surface area contributed by atoms with Gasteiger partial charge in [-0.2, -0.15) is 13.2 Å². The summed E-state index contributed by atoms with van der Waals surface area (Å²) in [6.45, 7) is 0.0385. The fourth-order valence-electron chi connectivity index (χ4n) is 1.33. The molecule has 2 atom stereocenters. The smallest absolute Gasteiger partial charge is 0.403 e. The zero-order chi connectivity index (χ0) is 10.1. The molecule has 14 heavy (non-hydrogen) atoms. The van der Waals surface area contributed by atoms with Crippen LogP contribution in [0.15, 0.2) is 0 Å². The summed E-state index contributed by atoms with van der Waals surface area (Å²) in [5, 5.41) is 2.24. The molecule has 0 saturated carbocycles. The maximum absolute atomic E-state index is 12.1. The molecule has 0 unspecified atom stereocenters. The van der Waals surface area contributed by atoms with Gasteiger partial charge in [0, 0.05) is 6.54 Å². The van der Waals surface area contributed by atoms with Gasteiger partial charge in [-0.3, -0.25) is 4.79 Å². The molecule has 1 aliphatic rings. The fourth-order valence-corrected chi connectivity index (χ4v) is 1.33. The second-order valence-corrected chi connectivity index (χ2v) is 2.96. The number of nitrogens with one attached hydrogen (secondary N) is 1. The average Bonchev–Trinajstić information content (AvgIpc) is 2.50. The zero-order valence-corrected chi connectivity index (χ0v) is 8.24. The highest BCUT2D eigenvalue weighted by Gasteiger charge is 2.45. The maximum Gasteiger partial charge on any atom is 0.403 e. The van der Waals surface area contributed by atoms with Crippen molar-refractivity contribution in [3.63, 3.8) is 0 Å². The number of hydrogen-bond donors (Lipinski definition) is 1. The van der Waals surface area contributed by atoms with Crippen LogP contribution in [-0.2, 0) is 9.53 Å². The van der Waals surface area contributed by atoms with Crippen molar-refractivity contribution in [2.45, 2.75) is 18.6 Å². The Morgan fingerprint density at radius 3 is 2.43 bits per heavy atom. The Balaban J connectivity index is 0.00000169.